The Morgan fingerprint density at radius 1 is 1.33 bits per heavy atom. The average molecular weight is 273 g/mol. The van der Waals surface area contributed by atoms with Crippen molar-refractivity contribution in [1.82, 2.24) is 0 Å². The van der Waals surface area contributed by atoms with Gasteiger partial charge >= 0.3 is 5.97 Å². The molecule has 5 heteroatoms. The Labute approximate surface area is 111 Å². The van der Waals surface area contributed by atoms with Crippen LogP contribution < -0.4 is 9.47 Å². The van der Waals surface area contributed by atoms with E-state index in [4.69, 9.17) is 26.2 Å². The molecular weight excluding hydrogens is 256 g/mol. The summed E-state index contributed by atoms with van der Waals surface area (Å²) < 4.78 is 10.8. The zero-order valence-electron chi connectivity index (χ0n) is 10.9. The standard InChI is InChI=1S/C13H17ClO4/c1-7(2)18-12-10(8(3)13(15)16)5-9(14)6-11(12)17-4/h5-8H,1-4H3,(H,15,16). The van der Waals surface area contributed by atoms with Crippen LogP contribution in [0.15, 0.2) is 12.1 Å². The summed E-state index contributed by atoms with van der Waals surface area (Å²) in [6.45, 7) is 5.31. The van der Waals surface area contributed by atoms with Gasteiger partial charge in [-0.3, -0.25) is 4.79 Å². The van der Waals surface area contributed by atoms with Crippen LogP contribution in [-0.2, 0) is 4.79 Å². The molecule has 0 aliphatic heterocycles. The van der Waals surface area contributed by atoms with Gasteiger partial charge in [-0.15, -0.1) is 0 Å². The van der Waals surface area contributed by atoms with Gasteiger partial charge in [-0.2, -0.15) is 0 Å². The molecule has 1 N–H and O–H groups in total. The number of aliphatic carboxylic acids is 1. The van der Waals surface area contributed by atoms with Crippen molar-refractivity contribution in [1.29, 1.82) is 0 Å². The number of hydrogen-bond acceptors (Lipinski definition) is 3. The van der Waals surface area contributed by atoms with Gasteiger partial charge in [0.25, 0.3) is 0 Å². The lowest BCUT2D eigenvalue weighted by Crippen LogP contribution is -2.13. The highest BCUT2D eigenvalue weighted by Crippen LogP contribution is 2.39. The van der Waals surface area contributed by atoms with Gasteiger partial charge in [0.15, 0.2) is 11.5 Å². The van der Waals surface area contributed by atoms with E-state index in [-0.39, 0.29) is 6.10 Å². The van der Waals surface area contributed by atoms with E-state index in [1.165, 1.54) is 7.11 Å². The summed E-state index contributed by atoms with van der Waals surface area (Å²) in [4.78, 5) is 11.1. The van der Waals surface area contributed by atoms with Gasteiger partial charge in [-0.05, 0) is 26.8 Å². The molecule has 0 amide bonds. The highest BCUT2D eigenvalue weighted by molar-refractivity contribution is 6.30. The van der Waals surface area contributed by atoms with E-state index in [1.54, 1.807) is 19.1 Å². The number of carbonyl (C=O) groups is 1. The lowest BCUT2D eigenvalue weighted by molar-refractivity contribution is -0.138. The second-order valence-electron chi connectivity index (χ2n) is 4.25. The molecule has 100 valence electrons. The second kappa shape index (κ2) is 5.96. The quantitative estimate of drug-likeness (QED) is 0.893. The van der Waals surface area contributed by atoms with E-state index < -0.39 is 11.9 Å². The molecule has 0 spiro atoms. The number of methoxy groups -OCH3 is 1. The van der Waals surface area contributed by atoms with Crippen molar-refractivity contribution in [2.24, 2.45) is 0 Å². The van der Waals surface area contributed by atoms with Gasteiger partial charge in [-0.1, -0.05) is 11.6 Å². The first-order valence-corrected chi connectivity index (χ1v) is 6.01. The van der Waals surface area contributed by atoms with Crippen molar-refractivity contribution in [2.45, 2.75) is 32.8 Å². The smallest absolute Gasteiger partial charge is 0.310 e. The summed E-state index contributed by atoms with van der Waals surface area (Å²) in [6.07, 6.45) is -0.0835. The van der Waals surface area contributed by atoms with Gasteiger partial charge in [-0.25, -0.2) is 0 Å². The van der Waals surface area contributed by atoms with E-state index in [1.807, 2.05) is 13.8 Å². The fraction of sp³-hybridized carbons (Fsp3) is 0.462. The SMILES string of the molecule is COc1cc(Cl)cc(C(C)C(=O)O)c1OC(C)C. The predicted octanol–water partition coefficient (Wildman–Crippen LogP) is 3.32. The Morgan fingerprint density at radius 2 is 1.94 bits per heavy atom. The normalized spacial score (nSPS) is 12.3. The molecular formula is C13H17ClO4. The molecule has 0 aromatic heterocycles. The monoisotopic (exact) mass is 272 g/mol. The van der Waals surface area contributed by atoms with Gasteiger partial charge in [0.05, 0.1) is 19.1 Å². The Hall–Kier alpha value is -1.42. The Morgan fingerprint density at radius 3 is 2.39 bits per heavy atom. The van der Waals surface area contributed by atoms with Crippen LogP contribution in [0.3, 0.4) is 0 Å². The minimum absolute atomic E-state index is 0.0835. The van der Waals surface area contributed by atoms with Crippen LogP contribution in [0.2, 0.25) is 5.02 Å². The lowest BCUT2D eigenvalue weighted by atomic mass is 9.99. The molecule has 0 saturated carbocycles. The lowest BCUT2D eigenvalue weighted by Gasteiger charge is -2.19. The summed E-state index contributed by atoms with van der Waals surface area (Å²) in [6, 6.07) is 3.21. The van der Waals surface area contributed by atoms with Crippen LogP contribution in [0.5, 0.6) is 11.5 Å². The summed E-state index contributed by atoms with van der Waals surface area (Å²) in [5.74, 6) is -0.773. The Balaban J connectivity index is 3.36. The van der Waals surface area contributed by atoms with Crippen molar-refractivity contribution in [3.8, 4) is 11.5 Å². The van der Waals surface area contributed by atoms with Crippen molar-refractivity contribution in [3.63, 3.8) is 0 Å². The molecule has 0 saturated heterocycles. The van der Waals surface area contributed by atoms with Gasteiger partial charge in [0.2, 0.25) is 0 Å². The number of benzene rings is 1. The first-order chi connectivity index (χ1) is 8.36. The molecule has 1 rings (SSSR count). The maximum atomic E-state index is 11.1. The summed E-state index contributed by atoms with van der Waals surface area (Å²) in [7, 11) is 1.49. The summed E-state index contributed by atoms with van der Waals surface area (Å²) in [5, 5.41) is 9.53. The molecule has 1 aromatic rings. The zero-order valence-corrected chi connectivity index (χ0v) is 11.6. The van der Waals surface area contributed by atoms with E-state index in [0.717, 1.165) is 0 Å². The summed E-state index contributed by atoms with van der Waals surface area (Å²) in [5.41, 5.74) is 0.514. The minimum Gasteiger partial charge on any atom is -0.493 e. The highest BCUT2D eigenvalue weighted by Gasteiger charge is 2.23. The fourth-order valence-electron chi connectivity index (χ4n) is 1.56. The molecule has 0 bridgehead atoms. The molecule has 18 heavy (non-hydrogen) atoms. The number of carboxylic acid groups (broad SMARTS) is 1. The molecule has 4 nitrogen and oxygen atoms in total. The molecule has 1 aromatic carbocycles. The molecule has 1 unspecified atom stereocenters. The van der Waals surface area contributed by atoms with Crippen molar-refractivity contribution >= 4 is 17.6 Å². The highest BCUT2D eigenvalue weighted by atomic mass is 35.5. The minimum atomic E-state index is -0.937. The van der Waals surface area contributed by atoms with E-state index in [0.29, 0.717) is 22.1 Å². The number of hydrogen-bond donors (Lipinski definition) is 1. The number of rotatable bonds is 5. The third-order valence-corrected chi connectivity index (χ3v) is 2.68. The van der Waals surface area contributed by atoms with E-state index in [2.05, 4.69) is 0 Å². The predicted molar refractivity (Wildman–Crippen MR) is 69.8 cm³/mol. The van der Waals surface area contributed by atoms with E-state index >= 15 is 0 Å². The molecule has 0 aliphatic carbocycles. The maximum Gasteiger partial charge on any atom is 0.310 e. The molecule has 0 fully saturated rings. The first-order valence-electron chi connectivity index (χ1n) is 5.63. The topological polar surface area (TPSA) is 55.8 Å². The van der Waals surface area contributed by atoms with Gasteiger partial charge in [0.1, 0.15) is 0 Å². The molecule has 0 heterocycles. The van der Waals surface area contributed by atoms with E-state index in [9.17, 15) is 4.79 Å². The fourth-order valence-corrected chi connectivity index (χ4v) is 1.77. The van der Waals surface area contributed by atoms with Crippen LogP contribution in [-0.4, -0.2) is 24.3 Å². The molecule has 0 radical (unpaired) electrons. The Bertz CT molecular complexity index is 443. The second-order valence-corrected chi connectivity index (χ2v) is 4.69. The summed E-state index contributed by atoms with van der Waals surface area (Å²) >= 11 is 5.96. The van der Waals surface area contributed by atoms with Gasteiger partial charge in [0, 0.05) is 16.7 Å². The molecule has 0 aliphatic rings. The van der Waals surface area contributed by atoms with Crippen molar-refractivity contribution in [3.05, 3.63) is 22.7 Å². The third kappa shape index (κ3) is 3.29. The largest absolute Gasteiger partial charge is 0.493 e. The van der Waals surface area contributed by atoms with Crippen LogP contribution in [0.4, 0.5) is 0 Å². The zero-order chi connectivity index (χ0) is 13.9. The maximum absolute atomic E-state index is 11.1. The average Bonchev–Trinajstić information content (AvgIpc) is 2.29. The third-order valence-electron chi connectivity index (χ3n) is 2.46. The first kappa shape index (κ1) is 14.6. The number of ether oxygens (including phenoxy) is 2. The van der Waals surface area contributed by atoms with Crippen molar-refractivity contribution < 1.29 is 19.4 Å². The van der Waals surface area contributed by atoms with Gasteiger partial charge < -0.3 is 14.6 Å². The van der Waals surface area contributed by atoms with Crippen LogP contribution in [0, 0.1) is 0 Å². The number of carboxylic acids is 1. The van der Waals surface area contributed by atoms with Crippen LogP contribution in [0.1, 0.15) is 32.3 Å². The Kier molecular flexibility index (Phi) is 4.84. The van der Waals surface area contributed by atoms with Crippen molar-refractivity contribution in [2.75, 3.05) is 7.11 Å². The van der Waals surface area contributed by atoms with Crippen LogP contribution in [0.25, 0.3) is 0 Å². The number of halogens is 1. The molecule has 1 atom stereocenters. The van der Waals surface area contributed by atoms with Crippen LogP contribution >= 0.6 is 11.6 Å².